The van der Waals surface area contributed by atoms with Crippen molar-refractivity contribution >= 4 is 11.6 Å². The molecule has 0 spiro atoms. The average Bonchev–Trinajstić information content (AvgIpc) is 2.88. The third-order valence-corrected chi connectivity index (χ3v) is 5.58. The normalized spacial score (nSPS) is 23.2. The number of benzene rings is 2. The molecule has 2 fully saturated rings. The molecule has 148 valence electrons. The number of para-hydroxylation sites is 1. The van der Waals surface area contributed by atoms with Gasteiger partial charge in [0.2, 0.25) is 0 Å². The van der Waals surface area contributed by atoms with Gasteiger partial charge in [0, 0.05) is 37.8 Å². The molecule has 1 amide bonds. The number of hydrogen-bond donors (Lipinski definition) is 0. The number of fused-ring (bicyclic) bond motifs is 1. The van der Waals surface area contributed by atoms with Crippen LogP contribution in [0.15, 0.2) is 48.5 Å². The number of amides is 1. The van der Waals surface area contributed by atoms with E-state index in [0.717, 1.165) is 30.8 Å². The standard InChI is InChI=1S/C22H25FN2O3/c1-27-21-8-7-16(11-19(21)23)12-24-10-9-20-17(13-24)14-25(22(26)15-28-20)18-5-3-2-4-6-18/h2-8,11,17,20H,9-10,12-15H2,1H3/t17-,20+/m1/s1. The predicted octanol–water partition coefficient (Wildman–Crippen LogP) is 3.09. The van der Waals surface area contributed by atoms with Gasteiger partial charge < -0.3 is 14.4 Å². The second-order valence-electron chi connectivity index (χ2n) is 7.44. The van der Waals surface area contributed by atoms with Crippen LogP contribution < -0.4 is 9.64 Å². The van der Waals surface area contributed by atoms with Gasteiger partial charge in [-0.05, 0) is 36.2 Å². The second-order valence-corrected chi connectivity index (χ2v) is 7.44. The number of carbonyl (C=O) groups excluding carboxylic acids is 1. The van der Waals surface area contributed by atoms with E-state index < -0.39 is 0 Å². The highest BCUT2D eigenvalue weighted by molar-refractivity contribution is 5.94. The highest BCUT2D eigenvalue weighted by Gasteiger charge is 2.36. The molecule has 28 heavy (non-hydrogen) atoms. The van der Waals surface area contributed by atoms with Crippen LogP contribution in [-0.4, -0.2) is 50.3 Å². The lowest BCUT2D eigenvalue weighted by molar-refractivity contribution is -0.124. The zero-order chi connectivity index (χ0) is 19.5. The van der Waals surface area contributed by atoms with Crippen molar-refractivity contribution in [3.63, 3.8) is 0 Å². The van der Waals surface area contributed by atoms with Gasteiger partial charge >= 0.3 is 0 Å². The van der Waals surface area contributed by atoms with Crippen LogP contribution in [0.3, 0.4) is 0 Å². The van der Waals surface area contributed by atoms with E-state index in [9.17, 15) is 9.18 Å². The topological polar surface area (TPSA) is 42.0 Å². The zero-order valence-electron chi connectivity index (χ0n) is 16.0. The van der Waals surface area contributed by atoms with Crippen molar-refractivity contribution in [2.45, 2.75) is 19.1 Å². The molecule has 0 saturated carbocycles. The first-order valence-corrected chi connectivity index (χ1v) is 9.66. The number of ether oxygens (including phenoxy) is 2. The Morgan fingerprint density at radius 1 is 1.18 bits per heavy atom. The minimum absolute atomic E-state index is 0.00405. The summed E-state index contributed by atoms with van der Waals surface area (Å²) >= 11 is 0. The van der Waals surface area contributed by atoms with Gasteiger partial charge in [0.15, 0.2) is 11.6 Å². The van der Waals surface area contributed by atoms with Crippen molar-refractivity contribution in [2.75, 3.05) is 38.3 Å². The minimum Gasteiger partial charge on any atom is -0.494 e. The molecule has 0 bridgehead atoms. The lowest BCUT2D eigenvalue weighted by Gasteiger charge is -2.38. The fraction of sp³-hybridized carbons (Fsp3) is 0.409. The van der Waals surface area contributed by atoms with Crippen LogP contribution in [0.4, 0.5) is 10.1 Å². The summed E-state index contributed by atoms with van der Waals surface area (Å²) in [7, 11) is 1.47. The first-order chi connectivity index (χ1) is 13.6. The van der Waals surface area contributed by atoms with Crippen LogP contribution in [0, 0.1) is 11.7 Å². The molecule has 6 heteroatoms. The van der Waals surface area contributed by atoms with Crippen LogP contribution in [-0.2, 0) is 16.1 Å². The molecule has 5 nitrogen and oxygen atoms in total. The molecular weight excluding hydrogens is 359 g/mol. The van der Waals surface area contributed by atoms with Crippen LogP contribution in [0.1, 0.15) is 12.0 Å². The number of nitrogens with zero attached hydrogens (tertiary/aromatic N) is 2. The molecule has 2 heterocycles. The number of rotatable bonds is 4. The van der Waals surface area contributed by atoms with Gasteiger partial charge in [-0.2, -0.15) is 0 Å². The van der Waals surface area contributed by atoms with Gasteiger partial charge in [-0.1, -0.05) is 24.3 Å². The van der Waals surface area contributed by atoms with Gasteiger partial charge in [-0.15, -0.1) is 0 Å². The Balaban J connectivity index is 1.46. The van der Waals surface area contributed by atoms with Crippen molar-refractivity contribution < 1.29 is 18.7 Å². The van der Waals surface area contributed by atoms with Crippen molar-refractivity contribution in [1.82, 2.24) is 4.90 Å². The van der Waals surface area contributed by atoms with Crippen LogP contribution >= 0.6 is 0 Å². The van der Waals surface area contributed by atoms with E-state index in [1.54, 1.807) is 6.07 Å². The SMILES string of the molecule is COc1ccc(CN2CC[C@@H]3OCC(=O)N(c4ccccc4)C[C@H]3C2)cc1F. The van der Waals surface area contributed by atoms with Gasteiger partial charge in [-0.3, -0.25) is 9.69 Å². The first kappa shape index (κ1) is 18.9. The summed E-state index contributed by atoms with van der Waals surface area (Å²) in [5, 5.41) is 0. The van der Waals surface area contributed by atoms with Crippen LogP contribution in [0.2, 0.25) is 0 Å². The van der Waals surface area contributed by atoms with Crippen molar-refractivity contribution in [3.05, 3.63) is 59.9 Å². The smallest absolute Gasteiger partial charge is 0.252 e. The van der Waals surface area contributed by atoms with Gasteiger partial charge in [0.25, 0.3) is 5.91 Å². The second kappa shape index (κ2) is 8.29. The van der Waals surface area contributed by atoms with E-state index in [0.29, 0.717) is 13.1 Å². The number of hydrogen-bond acceptors (Lipinski definition) is 4. The Labute approximate surface area is 164 Å². The molecule has 2 saturated heterocycles. The molecular formula is C22H25FN2O3. The Bertz CT molecular complexity index is 830. The molecule has 0 N–H and O–H groups in total. The third-order valence-electron chi connectivity index (χ3n) is 5.58. The Morgan fingerprint density at radius 3 is 2.75 bits per heavy atom. The van der Waals surface area contributed by atoms with Crippen LogP contribution in [0.5, 0.6) is 5.75 Å². The summed E-state index contributed by atoms with van der Waals surface area (Å²) in [5.41, 5.74) is 1.83. The molecule has 0 unspecified atom stereocenters. The lowest BCUT2D eigenvalue weighted by Crippen LogP contribution is -2.47. The maximum absolute atomic E-state index is 14.0. The first-order valence-electron chi connectivity index (χ1n) is 9.66. The quantitative estimate of drug-likeness (QED) is 0.813. The average molecular weight is 384 g/mol. The number of anilines is 1. The summed E-state index contributed by atoms with van der Waals surface area (Å²) in [6.45, 7) is 3.12. The van der Waals surface area contributed by atoms with Gasteiger partial charge in [0.1, 0.15) is 6.61 Å². The number of halogens is 1. The molecule has 0 radical (unpaired) electrons. The Morgan fingerprint density at radius 2 is 2.00 bits per heavy atom. The fourth-order valence-electron chi connectivity index (χ4n) is 4.14. The maximum Gasteiger partial charge on any atom is 0.252 e. The van der Waals surface area contributed by atoms with Crippen molar-refractivity contribution in [3.8, 4) is 5.75 Å². The molecule has 2 aliphatic rings. The van der Waals surface area contributed by atoms with E-state index in [4.69, 9.17) is 9.47 Å². The lowest BCUT2D eigenvalue weighted by atomic mass is 9.93. The summed E-state index contributed by atoms with van der Waals surface area (Å²) in [4.78, 5) is 16.7. The van der Waals surface area contributed by atoms with Crippen molar-refractivity contribution in [1.29, 1.82) is 0 Å². The third kappa shape index (κ3) is 4.03. The molecule has 4 rings (SSSR count). The number of piperidine rings is 1. The fourth-order valence-corrected chi connectivity index (χ4v) is 4.14. The van der Waals surface area contributed by atoms with E-state index >= 15 is 0 Å². The summed E-state index contributed by atoms with van der Waals surface area (Å²) in [6, 6.07) is 14.8. The number of carbonyl (C=O) groups is 1. The largest absolute Gasteiger partial charge is 0.494 e. The summed E-state index contributed by atoms with van der Waals surface area (Å²) in [6.07, 6.45) is 0.959. The minimum atomic E-state index is -0.339. The highest BCUT2D eigenvalue weighted by Crippen LogP contribution is 2.28. The highest BCUT2D eigenvalue weighted by atomic mass is 19.1. The molecule has 2 aromatic carbocycles. The van der Waals surface area contributed by atoms with Crippen LogP contribution in [0.25, 0.3) is 0 Å². The summed E-state index contributed by atoms with van der Waals surface area (Å²) < 4.78 is 24.9. The number of likely N-dealkylation sites (tertiary alicyclic amines) is 1. The van der Waals surface area contributed by atoms with E-state index in [1.165, 1.54) is 13.2 Å². The molecule has 2 aliphatic heterocycles. The molecule has 0 aromatic heterocycles. The number of methoxy groups -OCH3 is 1. The van der Waals surface area contributed by atoms with E-state index in [2.05, 4.69) is 4.90 Å². The van der Waals surface area contributed by atoms with Gasteiger partial charge in [-0.25, -0.2) is 4.39 Å². The van der Waals surface area contributed by atoms with E-state index in [1.807, 2.05) is 41.3 Å². The molecule has 2 atom stereocenters. The molecule has 2 aromatic rings. The Kier molecular flexibility index (Phi) is 5.59. The zero-order valence-corrected chi connectivity index (χ0v) is 16.0. The predicted molar refractivity (Wildman–Crippen MR) is 105 cm³/mol. The van der Waals surface area contributed by atoms with E-state index in [-0.39, 0.29) is 36.1 Å². The Hall–Kier alpha value is -2.44. The summed E-state index contributed by atoms with van der Waals surface area (Å²) in [5.74, 6) is 0.151. The van der Waals surface area contributed by atoms with Gasteiger partial charge in [0.05, 0.1) is 13.2 Å². The van der Waals surface area contributed by atoms with Crippen molar-refractivity contribution in [2.24, 2.45) is 5.92 Å². The monoisotopic (exact) mass is 384 g/mol. The maximum atomic E-state index is 14.0. The molecule has 0 aliphatic carbocycles.